The van der Waals surface area contributed by atoms with Gasteiger partial charge in [0.25, 0.3) is 0 Å². The molecule has 0 atom stereocenters. The Hall–Kier alpha value is -4.11. The van der Waals surface area contributed by atoms with Crippen molar-refractivity contribution in [2.75, 3.05) is 19.6 Å². The number of hydrogen-bond donors (Lipinski definition) is 2. The van der Waals surface area contributed by atoms with Crippen LogP contribution in [0.2, 0.25) is 0 Å². The van der Waals surface area contributed by atoms with Crippen molar-refractivity contribution < 1.29 is 9.18 Å². The molecule has 4 aromatic heterocycles. The van der Waals surface area contributed by atoms with E-state index in [0.29, 0.717) is 32.7 Å². The summed E-state index contributed by atoms with van der Waals surface area (Å²) >= 11 is 0. The fourth-order valence-electron chi connectivity index (χ4n) is 5.90. The van der Waals surface area contributed by atoms with Gasteiger partial charge in [0.15, 0.2) is 0 Å². The van der Waals surface area contributed by atoms with E-state index in [4.69, 9.17) is 5.73 Å². The SMILES string of the molecule is NC1CCN(C(=O)N2CCn3cc(-c4c[nH]cc4-c4cnc5ccccn45)c4cc(F)cc(c43)C2)CC1. The van der Waals surface area contributed by atoms with Gasteiger partial charge in [-0.1, -0.05) is 6.07 Å². The molecule has 2 aliphatic heterocycles. The molecule has 188 valence electrons. The number of pyridine rings is 1. The van der Waals surface area contributed by atoms with Crippen LogP contribution in [-0.2, 0) is 13.1 Å². The summed E-state index contributed by atoms with van der Waals surface area (Å²) in [4.78, 5) is 24.8. The van der Waals surface area contributed by atoms with Gasteiger partial charge in [-0.15, -0.1) is 0 Å². The van der Waals surface area contributed by atoms with Gasteiger partial charge in [-0.2, -0.15) is 0 Å². The molecule has 7 rings (SSSR count). The van der Waals surface area contributed by atoms with Crippen molar-refractivity contribution in [2.45, 2.75) is 32.0 Å². The fraction of sp³-hybridized carbons (Fsp3) is 0.286. The highest BCUT2D eigenvalue weighted by Crippen LogP contribution is 2.40. The zero-order valence-electron chi connectivity index (χ0n) is 20.4. The van der Waals surface area contributed by atoms with Crippen molar-refractivity contribution in [3.05, 3.63) is 72.7 Å². The predicted octanol–water partition coefficient (Wildman–Crippen LogP) is 4.45. The molecule has 0 saturated carbocycles. The Morgan fingerprint density at radius 2 is 1.86 bits per heavy atom. The summed E-state index contributed by atoms with van der Waals surface area (Å²) in [6.07, 6.45) is 11.5. The average molecular weight is 498 g/mol. The van der Waals surface area contributed by atoms with E-state index in [1.54, 1.807) is 12.1 Å². The number of amides is 2. The fourth-order valence-corrected chi connectivity index (χ4v) is 5.90. The number of rotatable bonds is 2. The lowest BCUT2D eigenvalue weighted by molar-refractivity contribution is 0.137. The van der Waals surface area contributed by atoms with E-state index in [1.165, 1.54) is 0 Å². The quantitative estimate of drug-likeness (QED) is 0.378. The summed E-state index contributed by atoms with van der Waals surface area (Å²) in [7, 11) is 0. The average Bonchev–Trinajstić information content (AvgIpc) is 3.60. The smallest absolute Gasteiger partial charge is 0.320 e. The van der Waals surface area contributed by atoms with Crippen LogP contribution in [0.25, 0.3) is 38.9 Å². The standard InChI is InChI=1S/C28H28FN7O/c29-19-11-18-16-35(28(37)33-7-4-20(30)5-8-33)10-9-34-17-24(21(12-19)27(18)34)22-13-31-14-23(22)25-15-32-26-3-1-2-6-36(25)26/h1-3,6,11-15,17,20,31H,4-5,7-10,16,30H2. The van der Waals surface area contributed by atoms with Gasteiger partial charge in [0, 0.05) is 85.6 Å². The number of halogens is 1. The Balaban J connectivity index is 1.29. The van der Waals surface area contributed by atoms with Crippen molar-refractivity contribution in [2.24, 2.45) is 5.73 Å². The number of imidazole rings is 1. The number of nitrogens with zero attached hydrogens (tertiary/aromatic N) is 5. The number of carbonyl (C=O) groups excluding carboxylic acids is 1. The molecule has 1 saturated heterocycles. The van der Waals surface area contributed by atoms with Crippen LogP contribution in [0.3, 0.4) is 0 Å². The van der Waals surface area contributed by atoms with E-state index in [0.717, 1.165) is 57.3 Å². The number of carbonyl (C=O) groups is 1. The number of piperidine rings is 1. The highest BCUT2D eigenvalue weighted by Gasteiger charge is 2.29. The summed E-state index contributed by atoms with van der Waals surface area (Å²) in [5, 5.41) is 0.850. The van der Waals surface area contributed by atoms with E-state index in [-0.39, 0.29) is 17.9 Å². The summed E-state index contributed by atoms with van der Waals surface area (Å²) in [6.45, 7) is 2.93. The number of aromatic nitrogens is 4. The first-order valence-electron chi connectivity index (χ1n) is 12.8. The first-order valence-corrected chi connectivity index (χ1v) is 12.8. The third-order valence-electron chi connectivity index (χ3n) is 7.80. The molecular formula is C28H28FN7O. The molecule has 0 spiro atoms. The minimum absolute atomic E-state index is 0.0100. The molecule has 1 fully saturated rings. The van der Waals surface area contributed by atoms with Crippen LogP contribution in [0.5, 0.6) is 0 Å². The van der Waals surface area contributed by atoms with Crippen LogP contribution < -0.4 is 5.73 Å². The largest absolute Gasteiger partial charge is 0.366 e. The zero-order chi connectivity index (χ0) is 25.1. The second kappa shape index (κ2) is 8.48. The molecule has 8 nitrogen and oxygen atoms in total. The third-order valence-corrected chi connectivity index (χ3v) is 7.80. The Labute approximate surface area is 213 Å². The Bertz CT molecular complexity index is 1640. The maximum atomic E-state index is 15.0. The molecule has 2 aliphatic rings. The Morgan fingerprint density at radius 3 is 2.73 bits per heavy atom. The summed E-state index contributed by atoms with van der Waals surface area (Å²) < 4.78 is 19.2. The van der Waals surface area contributed by atoms with E-state index < -0.39 is 0 Å². The zero-order valence-corrected chi connectivity index (χ0v) is 20.4. The van der Waals surface area contributed by atoms with Crippen LogP contribution in [0.4, 0.5) is 9.18 Å². The van der Waals surface area contributed by atoms with Crippen molar-refractivity contribution in [3.8, 4) is 22.4 Å². The van der Waals surface area contributed by atoms with Crippen molar-refractivity contribution >= 4 is 22.6 Å². The third kappa shape index (κ3) is 3.61. The maximum absolute atomic E-state index is 15.0. The van der Waals surface area contributed by atoms with Crippen molar-refractivity contribution in [1.82, 2.24) is 28.7 Å². The Kier molecular flexibility index (Phi) is 5.07. The molecule has 0 radical (unpaired) electrons. The molecule has 6 heterocycles. The first kappa shape index (κ1) is 22.1. The minimum Gasteiger partial charge on any atom is -0.366 e. The number of fused-ring (bicyclic) bond motifs is 1. The number of nitrogens with two attached hydrogens (primary N) is 1. The molecule has 37 heavy (non-hydrogen) atoms. The summed E-state index contributed by atoms with van der Waals surface area (Å²) in [6, 6.07) is 9.28. The molecular weight excluding hydrogens is 469 g/mol. The van der Waals surface area contributed by atoms with E-state index in [1.807, 2.05) is 52.8 Å². The molecule has 9 heteroatoms. The number of benzene rings is 1. The number of urea groups is 1. The van der Waals surface area contributed by atoms with Gasteiger partial charge in [-0.05, 0) is 42.7 Å². The summed E-state index contributed by atoms with van der Waals surface area (Å²) in [5.74, 6) is -0.299. The van der Waals surface area contributed by atoms with Crippen molar-refractivity contribution in [1.29, 1.82) is 0 Å². The molecule has 0 bridgehead atoms. The molecule has 1 aromatic carbocycles. The van der Waals surface area contributed by atoms with Gasteiger partial charge in [-0.3, -0.25) is 4.40 Å². The highest BCUT2D eigenvalue weighted by atomic mass is 19.1. The Morgan fingerprint density at radius 1 is 1.03 bits per heavy atom. The van der Waals surface area contributed by atoms with Crippen molar-refractivity contribution in [3.63, 3.8) is 0 Å². The van der Waals surface area contributed by atoms with E-state index >= 15 is 4.39 Å². The molecule has 5 aromatic rings. The molecule has 0 unspecified atom stereocenters. The van der Waals surface area contributed by atoms with Gasteiger partial charge in [-0.25, -0.2) is 14.2 Å². The number of nitrogens with one attached hydrogen (secondary N) is 1. The van der Waals surface area contributed by atoms with E-state index in [2.05, 4.69) is 25.1 Å². The number of likely N-dealkylation sites (tertiary alicyclic amines) is 1. The van der Waals surface area contributed by atoms with Gasteiger partial charge in [0.1, 0.15) is 11.5 Å². The number of aromatic amines is 1. The second-order valence-corrected chi connectivity index (χ2v) is 10.1. The lowest BCUT2D eigenvalue weighted by atomic mass is 10.0. The van der Waals surface area contributed by atoms with Crippen LogP contribution >= 0.6 is 0 Å². The van der Waals surface area contributed by atoms with Gasteiger partial charge < -0.3 is 25.1 Å². The van der Waals surface area contributed by atoms with Crippen LogP contribution in [-0.4, -0.2) is 60.4 Å². The molecule has 0 aliphatic carbocycles. The normalized spacial score (nSPS) is 16.6. The predicted molar refractivity (Wildman–Crippen MR) is 140 cm³/mol. The minimum atomic E-state index is -0.299. The first-order chi connectivity index (χ1) is 18.1. The molecule has 2 amide bonds. The molecule has 3 N–H and O–H groups in total. The summed E-state index contributed by atoms with van der Waals surface area (Å²) in [5.41, 5.74) is 12.6. The maximum Gasteiger partial charge on any atom is 0.320 e. The second-order valence-electron chi connectivity index (χ2n) is 10.1. The lowest BCUT2D eigenvalue weighted by Crippen LogP contribution is -2.49. The highest BCUT2D eigenvalue weighted by molar-refractivity contribution is 6.01. The van der Waals surface area contributed by atoms with Crippen LogP contribution in [0.1, 0.15) is 18.4 Å². The van der Waals surface area contributed by atoms with Gasteiger partial charge in [0.2, 0.25) is 0 Å². The van der Waals surface area contributed by atoms with Gasteiger partial charge >= 0.3 is 6.03 Å². The number of hydrogen-bond acceptors (Lipinski definition) is 3. The van der Waals surface area contributed by atoms with Gasteiger partial charge in [0.05, 0.1) is 17.4 Å². The van der Waals surface area contributed by atoms with Crippen LogP contribution in [0, 0.1) is 5.82 Å². The number of H-pyrrole nitrogens is 1. The topological polar surface area (TPSA) is 87.6 Å². The van der Waals surface area contributed by atoms with E-state index in [9.17, 15) is 4.79 Å². The van der Waals surface area contributed by atoms with Crippen LogP contribution in [0.15, 0.2) is 61.3 Å². The lowest BCUT2D eigenvalue weighted by Gasteiger charge is -2.34. The monoisotopic (exact) mass is 497 g/mol.